The zero-order valence-corrected chi connectivity index (χ0v) is 17.3. The van der Waals surface area contributed by atoms with Gasteiger partial charge in [-0.05, 0) is 60.2 Å². The summed E-state index contributed by atoms with van der Waals surface area (Å²) in [5, 5.41) is 3.63. The van der Waals surface area contributed by atoms with Crippen LogP contribution >= 0.6 is 11.6 Å². The van der Waals surface area contributed by atoms with Gasteiger partial charge in [-0.2, -0.15) is 0 Å². The van der Waals surface area contributed by atoms with E-state index in [1.165, 1.54) is 12.8 Å². The Morgan fingerprint density at radius 3 is 2.24 bits per heavy atom. The maximum absolute atomic E-state index is 12.6. The number of amides is 1. The van der Waals surface area contributed by atoms with E-state index in [0.717, 1.165) is 35.8 Å². The van der Waals surface area contributed by atoms with Gasteiger partial charge in [0.2, 0.25) is 0 Å². The first-order chi connectivity index (χ1) is 14.1. The fourth-order valence-corrected chi connectivity index (χ4v) is 4.04. The number of piperidine rings is 1. The SMILES string of the molecule is CC1CCN(c2ccc(NC(=O)c3ccc(-c4ccccc4)cc3)cc2Cl)CC1. The van der Waals surface area contributed by atoms with Crippen LogP contribution in [-0.2, 0) is 0 Å². The maximum Gasteiger partial charge on any atom is 0.255 e. The number of carbonyl (C=O) groups excluding carboxylic acids is 1. The molecule has 0 saturated carbocycles. The third-order valence-electron chi connectivity index (χ3n) is 5.58. The Morgan fingerprint density at radius 2 is 1.59 bits per heavy atom. The molecule has 3 aromatic rings. The zero-order valence-electron chi connectivity index (χ0n) is 16.6. The summed E-state index contributed by atoms with van der Waals surface area (Å²) in [5.74, 6) is 0.636. The smallest absolute Gasteiger partial charge is 0.255 e. The van der Waals surface area contributed by atoms with Crippen LogP contribution < -0.4 is 10.2 Å². The normalized spacial score (nSPS) is 14.6. The molecular weight excluding hydrogens is 380 g/mol. The highest BCUT2D eigenvalue weighted by Crippen LogP contribution is 2.32. The van der Waals surface area contributed by atoms with Crippen LogP contribution in [0, 0.1) is 5.92 Å². The minimum absolute atomic E-state index is 0.139. The molecule has 0 atom stereocenters. The Bertz CT molecular complexity index is 977. The Balaban J connectivity index is 1.43. The number of anilines is 2. The average Bonchev–Trinajstić information content (AvgIpc) is 2.75. The first-order valence-electron chi connectivity index (χ1n) is 10.1. The monoisotopic (exact) mass is 404 g/mol. The second-order valence-electron chi connectivity index (χ2n) is 7.73. The third-order valence-corrected chi connectivity index (χ3v) is 5.89. The lowest BCUT2D eigenvalue weighted by atomic mass is 9.99. The lowest BCUT2D eigenvalue weighted by Gasteiger charge is -2.32. The van der Waals surface area contributed by atoms with Gasteiger partial charge >= 0.3 is 0 Å². The minimum Gasteiger partial charge on any atom is -0.370 e. The van der Waals surface area contributed by atoms with E-state index in [0.29, 0.717) is 16.3 Å². The third kappa shape index (κ3) is 4.63. The molecule has 0 radical (unpaired) electrons. The molecule has 1 fully saturated rings. The van der Waals surface area contributed by atoms with Crippen molar-refractivity contribution in [3.63, 3.8) is 0 Å². The predicted molar refractivity (Wildman–Crippen MR) is 122 cm³/mol. The van der Waals surface area contributed by atoms with Crippen molar-refractivity contribution >= 4 is 28.9 Å². The molecule has 1 heterocycles. The van der Waals surface area contributed by atoms with Gasteiger partial charge in [-0.3, -0.25) is 4.79 Å². The number of hydrogen-bond acceptors (Lipinski definition) is 2. The van der Waals surface area contributed by atoms with Crippen LogP contribution in [0.15, 0.2) is 72.8 Å². The fraction of sp³-hybridized carbons (Fsp3) is 0.240. The van der Waals surface area contributed by atoms with Crippen LogP contribution in [0.4, 0.5) is 11.4 Å². The molecule has 3 aromatic carbocycles. The molecule has 4 rings (SSSR count). The number of nitrogens with zero attached hydrogens (tertiary/aromatic N) is 1. The van der Waals surface area contributed by atoms with Crippen molar-refractivity contribution in [3.8, 4) is 11.1 Å². The van der Waals surface area contributed by atoms with Gasteiger partial charge in [0, 0.05) is 24.3 Å². The largest absolute Gasteiger partial charge is 0.370 e. The Labute approximate surface area is 177 Å². The Hall–Kier alpha value is -2.78. The zero-order chi connectivity index (χ0) is 20.2. The molecule has 1 aliphatic heterocycles. The van der Waals surface area contributed by atoms with Crippen LogP contribution in [-0.4, -0.2) is 19.0 Å². The van der Waals surface area contributed by atoms with Gasteiger partial charge in [0.1, 0.15) is 0 Å². The molecule has 29 heavy (non-hydrogen) atoms. The maximum atomic E-state index is 12.6. The Morgan fingerprint density at radius 1 is 0.931 bits per heavy atom. The summed E-state index contributed by atoms with van der Waals surface area (Å²) in [6, 6.07) is 23.5. The van der Waals surface area contributed by atoms with E-state index >= 15 is 0 Å². The molecule has 0 aliphatic carbocycles. The molecule has 0 unspecified atom stereocenters. The molecule has 1 N–H and O–H groups in total. The molecule has 1 amide bonds. The summed E-state index contributed by atoms with van der Waals surface area (Å²) in [4.78, 5) is 15.0. The first kappa shape index (κ1) is 19.5. The van der Waals surface area contributed by atoms with Crippen molar-refractivity contribution in [2.24, 2.45) is 5.92 Å². The van der Waals surface area contributed by atoms with Crippen molar-refractivity contribution in [2.75, 3.05) is 23.3 Å². The lowest BCUT2D eigenvalue weighted by Crippen LogP contribution is -2.32. The quantitative estimate of drug-likeness (QED) is 0.538. The van der Waals surface area contributed by atoms with Crippen molar-refractivity contribution in [3.05, 3.63) is 83.4 Å². The molecule has 0 spiro atoms. The number of nitrogens with one attached hydrogen (secondary N) is 1. The van der Waals surface area contributed by atoms with Crippen LogP contribution in [0.5, 0.6) is 0 Å². The van der Waals surface area contributed by atoms with Gasteiger partial charge in [-0.1, -0.05) is 61.0 Å². The number of carbonyl (C=O) groups is 1. The number of halogens is 1. The van der Waals surface area contributed by atoms with Crippen molar-refractivity contribution in [1.29, 1.82) is 0 Å². The standard InChI is InChI=1S/C25H25ClN2O/c1-18-13-15-28(16-14-18)24-12-11-22(17-23(24)26)27-25(29)21-9-7-20(8-10-21)19-5-3-2-4-6-19/h2-12,17-18H,13-16H2,1H3,(H,27,29). The first-order valence-corrected chi connectivity index (χ1v) is 10.5. The molecule has 1 saturated heterocycles. The summed E-state index contributed by atoms with van der Waals surface area (Å²) < 4.78 is 0. The summed E-state index contributed by atoms with van der Waals surface area (Å²) in [6.45, 7) is 4.35. The summed E-state index contributed by atoms with van der Waals surface area (Å²) in [6.07, 6.45) is 2.38. The van der Waals surface area contributed by atoms with E-state index in [1.807, 2.05) is 60.7 Å². The minimum atomic E-state index is -0.139. The topological polar surface area (TPSA) is 32.3 Å². The number of benzene rings is 3. The van der Waals surface area contributed by atoms with E-state index in [1.54, 1.807) is 0 Å². The molecule has 0 aromatic heterocycles. The van der Waals surface area contributed by atoms with E-state index in [-0.39, 0.29) is 5.91 Å². The fourth-order valence-electron chi connectivity index (χ4n) is 3.74. The van der Waals surface area contributed by atoms with Crippen molar-refractivity contribution < 1.29 is 4.79 Å². The van der Waals surface area contributed by atoms with E-state index in [9.17, 15) is 4.79 Å². The van der Waals surface area contributed by atoms with E-state index in [2.05, 4.69) is 29.3 Å². The highest BCUT2D eigenvalue weighted by Gasteiger charge is 2.18. The predicted octanol–water partition coefficient (Wildman–Crippen LogP) is 6.50. The molecule has 0 bridgehead atoms. The Kier molecular flexibility index (Phi) is 5.86. The highest BCUT2D eigenvalue weighted by atomic mass is 35.5. The van der Waals surface area contributed by atoms with Gasteiger partial charge in [0.05, 0.1) is 10.7 Å². The average molecular weight is 405 g/mol. The van der Waals surface area contributed by atoms with E-state index < -0.39 is 0 Å². The van der Waals surface area contributed by atoms with Crippen molar-refractivity contribution in [2.45, 2.75) is 19.8 Å². The van der Waals surface area contributed by atoms with Gasteiger partial charge < -0.3 is 10.2 Å². The van der Waals surface area contributed by atoms with Crippen LogP contribution in [0.3, 0.4) is 0 Å². The molecule has 4 heteroatoms. The van der Waals surface area contributed by atoms with Crippen molar-refractivity contribution in [1.82, 2.24) is 0 Å². The van der Waals surface area contributed by atoms with Crippen LogP contribution in [0.1, 0.15) is 30.1 Å². The second kappa shape index (κ2) is 8.71. The molecule has 3 nitrogen and oxygen atoms in total. The second-order valence-corrected chi connectivity index (χ2v) is 8.14. The molecule has 1 aliphatic rings. The lowest BCUT2D eigenvalue weighted by molar-refractivity contribution is 0.102. The van der Waals surface area contributed by atoms with Crippen LogP contribution in [0.25, 0.3) is 11.1 Å². The van der Waals surface area contributed by atoms with Gasteiger partial charge in [0.15, 0.2) is 0 Å². The van der Waals surface area contributed by atoms with E-state index in [4.69, 9.17) is 11.6 Å². The highest BCUT2D eigenvalue weighted by molar-refractivity contribution is 6.33. The summed E-state index contributed by atoms with van der Waals surface area (Å²) in [5.41, 5.74) is 4.60. The number of rotatable bonds is 4. The van der Waals surface area contributed by atoms with Gasteiger partial charge in [0.25, 0.3) is 5.91 Å². The van der Waals surface area contributed by atoms with Gasteiger partial charge in [-0.15, -0.1) is 0 Å². The number of hydrogen-bond donors (Lipinski definition) is 1. The summed E-state index contributed by atoms with van der Waals surface area (Å²) in [7, 11) is 0. The van der Waals surface area contributed by atoms with Gasteiger partial charge in [-0.25, -0.2) is 0 Å². The summed E-state index contributed by atoms with van der Waals surface area (Å²) >= 11 is 6.52. The molecular formula is C25H25ClN2O. The van der Waals surface area contributed by atoms with Crippen LogP contribution in [0.2, 0.25) is 5.02 Å². The molecule has 148 valence electrons.